The van der Waals surface area contributed by atoms with E-state index in [0.717, 1.165) is 49.0 Å². The summed E-state index contributed by atoms with van der Waals surface area (Å²) in [5, 5.41) is 9.18. The summed E-state index contributed by atoms with van der Waals surface area (Å²) in [5.41, 5.74) is 7.95. The Balaban J connectivity index is 1.81. The number of hydrogen-bond acceptors (Lipinski definition) is 3. The number of rotatable bonds is 1. The van der Waals surface area contributed by atoms with Crippen LogP contribution in [0.1, 0.15) is 24.8 Å². The van der Waals surface area contributed by atoms with Crippen LogP contribution >= 0.6 is 0 Å². The molecule has 1 heterocycles. The van der Waals surface area contributed by atoms with E-state index in [1.165, 1.54) is 6.42 Å². The van der Waals surface area contributed by atoms with Gasteiger partial charge in [0.25, 0.3) is 0 Å². The maximum absolute atomic E-state index is 9.18. The van der Waals surface area contributed by atoms with Gasteiger partial charge in [-0.05, 0) is 43.2 Å². The highest BCUT2D eigenvalue weighted by Crippen LogP contribution is 2.38. The third-order valence-electron chi connectivity index (χ3n) is 4.46. The van der Waals surface area contributed by atoms with Gasteiger partial charge in [-0.2, -0.15) is 5.26 Å². The molecule has 1 saturated carbocycles. The second-order valence-electron chi connectivity index (χ2n) is 5.63. The van der Waals surface area contributed by atoms with Crippen molar-refractivity contribution in [2.75, 3.05) is 18.0 Å². The minimum Gasteiger partial charge on any atom is -0.370 e. The smallest absolute Gasteiger partial charge is 0.101 e. The number of nitrogens with two attached hydrogens (primary N) is 1. The average molecular weight is 241 g/mol. The lowest BCUT2D eigenvalue weighted by atomic mass is 9.79. The standard InChI is InChI=1S/C15H19N3/c16-8-11-3-1-2-4-15(11)18-9-12-5-6-14(17)7-13(12)10-18/h1-4,12-14H,5-7,9-10,17H2/t12-,13+,14?/m0/s1. The van der Waals surface area contributed by atoms with Gasteiger partial charge in [0.15, 0.2) is 0 Å². The van der Waals surface area contributed by atoms with Gasteiger partial charge in [0.05, 0.1) is 11.3 Å². The van der Waals surface area contributed by atoms with Gasteiger partial charge in [0, 0.05) is 19.1 Å². The van der Waals surface area contributed by atoms with Crippen molar-refractivity contribution in [3.63, 3.8) is 0 Å². The molecule has 2 N–H and O–H groups in total. The molecule has 0 spiro atoms. The van der Waals surface area contributed by atoms with Crippen molar-refractivity contribution >= 4 is 5.69 Å². The summed E-state index contributed by atoms with van der Waals surface area (Å²) < 4.78 is 0. The van der Waals surface area contributed by atoms with Crippen LogP contribution in [0.15, 0.2) is 24.3 Å². The molecule has 3 nitrogen and oxygen atoms in total. The largest absolute Gasteiger partial charge is 0.370 e. The molecule has 2 aliphatic rings. The van der Waals surface area contributed by atoms with E-state index in [1.807, 2.05) is 18.2 Å². The van der Waals surface area contributed by atoms with Crippen molar-refractivity contribution in [3.8, 4) is 6.07 Å². The topological polar surface area (TPSA) is 53.0 Å². The number of nitriles is 1. The Morgan fingerprint density at radius 1 is 1.17 bits per heavy atom. The van der Waals surface area contributed by atoms with E-state index in [4.69, 9.17) is 5.73 Å². The van der Waals surface area contributed by atoms with Crippen LogP contribution in [0.4, 0.5) is 5.69 Å². The van der Waals surface area contributed by atoms with Crippen molar-refractivity contribution in [2.45, 2.75) is 25.3 Å². The molecule has 2 fully saturated rings. The van der Waals surface area contributed by atoms with Crippen LogP contribution in [0.2, 0.25) is 0 Å². The summed E-state index contributed by atoms with van der Waals surface area (Å²) in [6.45, 7) is 2.16. The summed E-state index contributed by atoms with van der Waals surface area (Å²) in [6, 6.07) is 10.6. The lowest BCUT2D eigenvalue weighted by Crippen LogP contribution is -2.32. The van der Waals surface area contributed by atoms with Crippen LogP contribution in [0, 0.1) is 23.2 Å². The Hall–Kier alpha value is -1.53. The molecule has 0 radical (unpaired) electrons. The lowest BCUT2D eigenvalue weighted by molar-refractivity contribution is 0.271. The Labute approximate surface area is 108 Å². The van der Waals surface area contributed by atoms with Gasteiger partial charge < -0.3 is 10.6 Å². The summed E-state index contributed by atoms with van der Waals surface area (Å²) in [7, 11) is 0. The minimum atomic E-state index is 0.386. The Kier molecular flexibility index (Phi) is 2.97. The molecule has 94 valence electrons. The van der Waals surface area contributed by atoms with Crippen LogP contribution in [0.25, 0.3) is 0 Å². The van der Waals surface area contributed by atoms with E-state index in [2.05, 4.69) is 17.0 Å². The molecule has 1 saturated heterocycles. The minimum absolute atomic E-state index is 0.386. The zero-order valence-corrected chi connectivity index (χ0v) is 10.5. The van der Waals surface area contributed by atoms with Crippen molar-refractivity contribution in [3.05, 3.63) is 29.8 Å². The fraction of sp³-hybridized carbons (Fsp3) is 0.533. The zero-order chi connectivity index (χ0) is 12.5. The van der Waals surface area contributed by atoms with Crippen LogP contribution < -0.4 is 10.6 Å². The first-order valence-corrected chi connectivity index (χ1v) is 6.77. The first kappa shape index (κ1) is 11.6. The maximum atomic E-state index is 9.18. The summed E-state index contributed by atoms with van der Waals surface area (Å²) in [4.78, 5) is 2.38. The average Bonchev–Trinajstić information content (AvgIpc) is 2.81. The molecular formula is C15H19N3. The molecule has 18 heavy (non-hydrogen) atoms. The lowest BCUT2D eigenvalue weighted by Gasteiger charge is -2.27. The number of hydrogen-bond donors (Lipinski definition) is 1. The molecule has 1 unspecified atom stereocenters. The summed E-state index contributed by atoms with van der Waals surface area (Å²) >= 11 is 0. The summed E-state index contributed by atoms with van der Waals surface area (Å²) in [5.74, 6) is 1.50. The predicted molar refractivity (Wildman–Crippen MR) is 72.2 cm³/mol. The number of anilines is 1. The van der Waals surface area contributed by atoms with Gasteiger partial charge in [0.2, 0.25) is 0 Å². The van der Waals surface area contributed by atoms with Crippen molar-refractivity contribution in [1.29, 1.82) is 5.26 Å². The van der Waals surface area contributed by atoms with E-state index in [0.29, 0.717) is 6.04 Å². The Morgan fingerprint density at radius 3 is 2.78 bits per heavy atom. The zero-order valence-electron chi connectivity index (χ0n) is 10.5. The second kappa shape index (κ2) is 4.62. The third kappa shape index (κ3) is 1.97. The highest BCUT2D eigenvalue weighted by atomic mass is 15.2. The SMILES string of the molecule is N#Cc1ccccc1N1C[C@H]2CC(N)CC[C@H]2C1. The second-order valence-corrected chi connectivity index (χ2v) is 5.63. The highest BCUT2D eigenvalue weighted by Gasteiger charge is 2.37. The monoisotopic (exact) mass is 241 g/mol. The molecule has 0 bridgehead atoms. The third-order valence-corrected chi connectivity index (χ3v) is 4.46. The molecular weight excluding hydrogens is 222 g/mol. The van der Waals surface area contributed by atoms with E-state index in [1.54, 1.807) is 0 Å². The van der Waals surface area contributed by atoms with Crippen LogP contribution in [0.3, 0.4) is 0 Å². The molecule has 1 aliphatic heterocycles. The van der Waals surface area contributed by atoms with Gasteiger partial charge in [-0.3, -0.25) is 0 Å². The van der Waals surface area contributed by atoms with E-state index in [9.17, 15) is 5.26 Å². The van der Waals surface area contributed by atoms with Crippen molar-refractivity contribution in [1.82, 2.24) is 0 Å². The van der Waals surface area contributed by atoms with Gasteiger partial charge in [-0.1, -0.05) is 12.1 Å². The van der Waals surface area contributed by atoms with E-state index in [-0.39, 0.29) is 0 Å². The first-order valence-electron chi connectivity index (χ1n) is 6.77. The molecule has 0 aromatic heterocycles. The maximum Gasteiger partial charge on any atom is 0.101 e. The number of benzene rings is 1. The van der Waals surface area contributed by atoms with Crippen LogP contribution in [-0.4, -0.2) is 19.1 Å². The summed E-state index contributed by atoms with van der Waals surface area (Å²) in [6.07, 6.45) is 3.56. The quantitative estimate of drug-likeness (QED) is 0.819. The number of nitrogens with zero attached hydrogens (tertiary/aromatic N) is 2. The van der Waals surface area contributed by atoms with Gasteiger partial charge in [-0.15, -0.1) is 0 Å². The molecule has 1 aromatic carbocycles. The molecule has 3 rings (SSSR count). The van der Waals surface area contributed by atoms with Gasteiger partial charge >= 0.3 is 0 Å². The highest BCUT2D eigenvalue weighted by molar-refractivity contribution is 5.59. The normalized spacial score (nSPS) is 30.9. The molecule has 1 aliphatic carbocycles. The van der Waals surface area contributed by atoms with Crippen LogP contribution in [0.5, 0.6) is 0 Å². The van der Waals surface area contributed by atoms with Gasteiger partial charge in [0.1, 0.15) is 6.07 Å². The fourth-order valence-corrected chi connectivity index (χ4v) is 3.51. The first-order chi connectivity index (χ1) is 8.78. The molecule has 0 amide bonds. The van der Waals surface area contributed by atoms with E-state index < -0.39 is 0 Å². The molecule has 3 heteroatoms. The Bertz CT molecular complexity index is 477. The van der Waals surface area contributed by atoms with Crippen molar-refractivity contribution in [2.24, 2.45) is 17.6 Å². The number of para-hydroxylation sites is 1. The molecule has 3 atom stereocenters. The number of fused-ring (bicyclic) bond motifs is 1. The van der Waals surface area contributed by atoms with Crippen LogP contribution in [-0.2, 0) is 0 Å². The van der Waals surface area contributed by atoms with E-state index >= 15 is 0 Å². The predicted octanol–water partition coefficient (Wildman–Crippen LogP) is 2.12. The van der Waals surface area contributed by atoms with Crippen molar-refractivity contribution < 1.29 is 0 Å². The Morgan fingerprint density at radius 2 is 1.94 bits per heavy atom. The molecule has 1 aromatic rings. The van der Waals surface area contributed by atoms with Gasteiger partial charge in [-0.25, -0.2) is 0 Å². The fourth-order valence-electron chi connectivity index (χ4n) is 3.51.